The number of ether oxygens (including phenoxy) is 1. The van der Waals surface area contributed by atoms with Crippen molar-refractivity contribution in [1.82, 2.24) is 9.37 Å². The topological polar surface area (TPSA) is 59.1 Å². The van der Waals surface area contributed by atoms with E-state index in [-0.39, 0.29) is 12.6 Å². The minimum absolute atomic E-state index is 0.187. The quantitative estimate of drug-likeness (QED) is 0.723. The number of hydrogen-bond acceptors (Lipinski definition) is 5. The summed E-state index contributed by atoms with van der Waals surface area (Å²) in [5, 5.41) is 1.08. The zero-order chi connectivity index (χ0) is 20.3. The first-order valence-corrected chi connectivity index (χ1v) is 11.7. The molecule has 0 N–H and O–H groups in total. The monoisotopic (exact) mass is 416 g/mol. The van der Waals surface area contributed by atoms with Gasteiger partial charge >= 0.3 is 0 Å². The minimum atomic E-state index is -3.41. The molecule has 6 nitrogen and oxygen atoms in total. The Morgan fingerprint density at radius 1 is 1.00 bits per heavy atom. The maximum absolute atomic E-state index is 13.2. The lowest BCUT2D eigenvalue weighted by molar-refractivity contribution is -0.110. The number of hydroxylamine groups is 2. The Kier molecular flexibility index (Phi) is 6.20. The van der Waals surface area contributed by atoms with Crippen molar-refractivity contribution in [1.29, 1.82) is 0 Å². The van der Waals surface area contributed by atoms with Gasteiger partial charge in [-0.2, -0.15) is 5.06 Å². The smallest absolute Gasteiger partial charge is 0.221 e. The van der Waals surface area contributed by atoms with Crippen molar-refractivity contribution in [3.63, 3.8) is 0 Å². The van der Waals surface area contributed by atoms with Crippen LogP contribution in [0.1, 0.15) is 36.4 Å². The van der Waals surface area contributed by atoms with Gasteiger partial charge in [0.05, 0.1) is 12.6 Å². The highest BCUT2D eigenvalue weighted by atomic mass is 32.2. The van der Waals surface area contributed by atoms with Crippen LogP contribution in [0.5, 0.6) is 5.75 Å². The third-order valence-corrected chi connectivity index (χ3v) is 7.96. The summed E-state index contributed by atoms with van der Waals surface area (Å²) in [6.07, 6.45) is 2.96. The number of sulfonamides is 1. The molecule has 0 aliphatic carbocycles. The Balaban J connectivity index is 1.48. The molecule has 2 saturated heterocycles. The van der Waals surface area contributed by atoms with Gasteiger partial charge in [0.2, 0.25) is 10.0 Å². The average molecular weight is 417 g/mol. The van der Waals surface area contributed by atoms with E-state index in [2.05, 4.69) is 0 Å². The number of rotatable bonds is 6. The molecule has 4 rings (SSSR count). The molecule has 2 unspecified atom stereocenters. The van der Waals surface area contributed by atoms with Gasteiger partial charge in [0, 0.05) is 20.1 Å². The van der Waals surface area contributed by atoms with Crippen molar-refractivity contribution in [2.24, 2.45) is 0 Å². The highest BCUT2D eigenvalue weighted by Crippen LogP contribution is 2.36. The highest BCUT2D eigenvalue weighted by molar-refractivity contribution is 7.89. The summed E-state index contributed by atoms with van der Waals surface area (Å²) in [5.74, 6) is 0.759. The predicted octanol–water partition coefficient (Wildman–Crippen LogP) is 3.37. The van der Waals surface area contributed by atoms with E-state index >= 15 is 0 Å². The summed E-state index contributed by atoms with van der Waals surface area (Å²) < 4.78 is 34.0. The van der Waals surface area contributed by atoms with Crippen molar-refractivity contribution in [2.45, 2.75) is 37.2 Å². The molecule has 2 heterocycles. The van der Waals surface area contributed by atoms with Gasteiger partial charge in [-0.25, -0.2) is 12.7 Å². The Labute approximate surface area is 173 Å². The zero-order valence-corrected chi connectivity index (χ0v) is 17.6. The molecule has 0 aromatic heterocycles. The van der Waals surface area contributed by atoms with E-state index in [1.165, 1.54) is 0 Å². The zero-order valence-electron chi connectivity index (χ0n) is 16.7. The molecule has 29 heavy (non-hydrogen) atoms. The summed E-state index contributed by atoms with van der Waals surface area (Å²) in [4.78, 5) is 5.64. The van der Waals surface area contributed by atoms with E-state index in [9.17, 15) is 8.42 Å². The summed E-state index contributed by atoms with van der Waals surface area (Å²) >= 11 is 0. The lowest BCUT2D eigenvalue weighted by Gasteiger charge is -2.31. The third-order valence-electron chi connectivity index (χ3n) is 5.71. The maximum Gasteiger partial charge on any atom is 0.221 e. The first-order valence-electron chi connectivity index (χ1n) is 10.2. The van der Waals surface area contributed by atoms with Crippen molar-refractivity contribution in [3.05, 3.63) is 65.7 Å². The Morgan fingerprint density at radius 2 is 1.69 bits per heavy atom. The SMILES string of the molecule is CN1OCC(S(=O)(=O)N2CCCCC2)C1c1ccc(OCc2ccccc2)cc1. The van der Waals surface area contributed by atoms with Crippen LogP contribution < -0.4 is 4.74 Å². The second kappa shape index (κ2) is 8.83. The summed E-state index contributed by atoms with van der Waals surface area (Å²) in [7, 11) is -1.61. The normalized spacial score (nSPS) is 23.9. The number of nitrogens with zero attached hydrogens (tertiary/aromatic N) is 2. The molecule has 156 valence electrons. The molecule has 0 spiro atoms. The van der Waals surface area contributed by atoms with Crippen LogP contribution in [0.4, 0.5) is 0 Å². The van der Waals surface area contributed by atoms with E-state index in [1.807, 2.05) is 54.6 Å². The fourth-order valence-electron chi connectivity index (χ4n) is 4.08. The van der Waals surface area contributed by atoms with Crippen LogP contribution in [-0.2, 0) is 21.5 Å². The maximum atomic E-state index is 13.2. The van der Waals surface area contributed by atoms with E-state index < -0.39 is 15.3 Å². The van der Waals surface area contributed by atoms with E-state index in [4.69, 9.17) is 9.57 Å². The molecular formula is C22H28N2O4S. The van der Waals surface area contributed by atoms with Crippen molar-refractivity contribution in [3.8, 4) is 5.75 Å². The van der Waals surface area contributed by atoms with E-state index in [0.29, 0.717) is 19.7 Å². The fourth-order valence-corrected chi connectivity index (χ4v) is 6.12. The van der Waals surface area contributed by atoms with Crippen LogP contribution >= 0.6 is 0 Å². The minimum Gasteiger partial charge on any atom is -0.489 e. The fraction of sp³-hybridized carbons (Fsp3) is 0.455. The van der Waals surface area contributed by atoms with Crippen LogP contribution in [0.15, 0.2) is 54.6 Å². The van der Waals surface area contributed by atoms with Crippen LogP contribution in [0.3, 0.4) is 0 Å². The van der Waals surface area contributed by atoms with Crippen LogP contribution in [0.2, 0.25) is 0 Å². The van der Waals surface area contributed by atoms with Crippen LogP contribution in [0, 0.1) is 0 Å². The van der Waals surface area contributed by atoms with Gasteiger partial charge < -0.3 is 4.74 Å². The van der Waals surface area contributed by atoms with Crippen molar-refractivity contribution in [2.75, 3.05) is 26.7 Å². The van der Waals surface area contributed by atoms with Gasteiger partial charge in [0.1, 0.15) is 17.6 Å². The standard InChI is InChI=1S/C22H28N2O4S/c1-23-22(21(17-28-23)29(25,26)24-14-6-3-7-15-24)19-10-12-20(13-11-19)27-16-18-8-4-2-5-9-18/h2,4-5,8-13,21-22H,3,6-7,14-17H2,1H3. The Hall–Kier alpha value is -1.93. The lowest BCUT2D eigenvalue weighted by Crippen LogP contribution is -2.44. The van der Waals surface area contributed by atoms with Gasteiger partial charge in [-0.3, -0.25) is 4.84 Å². The molecular weight excluding hydrogens is 388 g/mol. The van der Waals surface area contributed by atoms with Crippen LogP contribution in [-0.4, -0.2) is 49.8 Å². The van der Waals surface area contributed by atoms with E-state index in [0.717, 1.165) is 36.1 Å². The van der Waals surface area contributed by atoms with Crippen molar-refractivity contribution < 1.29 is 18.0 Å². The van der Waals surface area contributed by atoms with Gasteiger partial charge in [0.15, 0.2) is 0 Å². The molecule has 0 bridgehead atoms. The van der Waals surface area contributed by atoms with Gasteiger partial charge in [-0.15, -0.1) is 0 Å². The molecule has 2 aliphatic rings. The molecule has 2 fully saturated rings. The van der Waals surface area contributed by atoms with Gasteiger partial charge in [-0.05, 0) is 36.1 Å². The lowest BCUT2D eigenvalue weighted by atomic mass is 10.0. The first kappa shape index (κ1) is 20.3. The third kappa shape index (κ3) is 4.48. The first-order chi connectivity index (χ1) is 14.1. The Bertz CT molecular complexity index is 896. The Morgan fingerprint density at radius 3 is 2.38 bits per heavy atom. The summed E-state index contributed by atoms with van der Waals surface area (Å²) in [6.45, 7) is 1.91. The molecule has 2 aliphatic heterocycles. The van der Waals surface area contributed by atoms with Gasteiger partial charge in [-0.1, -0.05) is 48.9 Å². The largest absolute Gasteiger partial charge is 0.489 e. The van der Waals surface area contributed by atoms with Crippen molar-refractivity contribution >= 4 is 10.0 Å². The molecule has 0 radical (unpaired) electrons. The number of hydrogen-bond donors (Lipinski definition) is 0. The predicted molar refractivity (Wildman–Crippen MR) is 112 cm³/mol. The van der Waals surface area contributed by atoms with Gasteiger partial charge in [0.25, 0.3) is 0 Å². The molecule has 0 amide bonds. The molecule has 2 atom stereocenters. The number of benzene rings is 2. The highest BCUT2D eigenvalue weighted by Gasteiger charge is 2.45. The number of piperidine rings is 1. The summed E-state index contributed by atoms with van der Waals surface area (Å²) in [6, 6.07) is 17.3. The average Bonchev–Trinajstić information content (AvgIpc) is 3.16. The molecule has 2 aromatic carbocycles. The molecule has 2 aromatic rings. The molecule has 7 heteroatoms. The van der Waals surface area contributed by atoms with E-state index in [1.54, 1.807) is 16.4 Å². The summed E-state index contributed by atoms with van der Waals surface area (Å²) in [5.41, 5.74) is 2.02. The second-order valence-corrected chi connectivity index (χ2v) is 9.83. The van der Waals surface area contributed by atoms with Crippen LogP contribution in [0.25, 0.3) is 0 Å². The molecule has 0 saturated carbocycles. The second-order valence-electron chi connectivity index (χ2n) is 7.67.